The van der Waals surface area contributed by atoms with Gasteiger partial charge in [-0.15, -0.1) is 0 Å². The normalized spacial score (nSPS) is 10.9. The number of rotatable bonds is 3. The second-order valence-corrected chi connectivity index (χ2v) is 8.04. The quantitative estimate of drug-likeness (QED) is 0.392. The van der Waals surface area contributed by atoms with Crippen LogP contribution in [-0.2, 0) is 6.42 Å². The van der Waals surface area contributed by atoms with Gasteiger partial charge in [-0.25, -0.2) is 19.3 Å². The highest BCUT2D eigenvalue weighted by atomic mass is 35.5. The molecule has 0 amide bonds. The molecule has 0 unspecified atom stereocenters. The van der Waals surface area contributed by atoms with Gasteiger partial charge in [-0.1, -0.05) is 31.0 Å². The van der Waals surface area contributed by atoms with E-state index in [0.717, 1.165) is 35.2 Å². The van der Waals surface area contributed by atoms with Gasteiger partial charge in [0.05, 0.1) is 17.4 Å². The van der Waals surface area contributed by atoms with E-state index in [1.54, 1.807) is 16.7 Å². The Bertz CT molecular complexity index is 1490. The summed E-state index contributed by atoms with van der Waals surface area (Å²) in [6, 6.07) is 11.8. The predicted molar refractivity (Wildman–Crippen MR) is 129 cm³/mol. The van der Waals surface area contributed by atoms with E-state index in [9.17, 15) is 9.18 Å². The number of nitrogen functional groups attached to an aromatic ring is 1. The largest absolute Gasteiger partial charge is 0.382 e. The van der Waals surface area contributed by atoms with Crippen molar-refractivity contribution in [2.45, 2.75) is 26.7 Å². The molecule has 7 nitrogen and oxygen atoms in total. The zero-order valence-electron chi connectivity index (χ0n) is 18.1. The summed E-state index contributed by atoms with van der Waals surface area (Å²) in [7, 11) is 0. The number of pyridine rings is 1. The molecule has 2 aromatic carbocycles. The summed E-state index contributed by atoms with van der Waals surface area (Å²) < 4.78 is 15.2. The molecule has 0 atom stereocenters. The molecule has 5 rings (SSSR count). The summed E-state index contributed by atoms with van der Waals surface area (Å²) in [4.78, 5) is 27.3. The number of aromatic nitrogens is 5. The highest BCUT2D eigenvalue weighted by Crippen LogP contribution is 2.22. The van der Waals surface area contributed by atoms with Crippen LogP contribution in [0, 0.1) is 12.7 Å². The Kier molecular flexibility index (Phi) is 6.37. The number of benzene rings is 2. The van der Waals surface area contributed by atoms with Crippen LogP contribution < -0.4 is 11.3 Å². The Morgan fingerprint density at radius 1 is 1.12 bits per heavy atom. The van der Waals surface area contributed by atoms with E-state index in [1.165, 1.54) is 24.8 Å². The molecule has 0 saturated heterocycles. The molecule has 0 aliphatic carbocycles. The average Bonchev–Trinajstić information content (AvgIpc) is 3.25. The third-order valence-corrected chi connectivity index (χ3v) is 5.32. The molecule has 3 N–H and O–H groups in total. The first-order valence-electron chi connectivity index (χ1n) is 10.4. The molecule has 3 aromatic heterocycles. The minimum absolute atomic E-state index is 0.216. The smallest absolute Gasteiger partial charge is 0.263 e. The Balaban J connectivity index is 0.000000214. The van der Waals surface area contributed by atoms with Crippen LogP contribution in [0.5, 0.6) is 0 Å². The van der Waals surface area contributed by atoms with Crippen LogP contribution in [0.15, 0.2) is 59.9 Å². The minimum atomic E-state index is -0.410. The van der Waals surface area contributed by atoms with Gasteiger partial charge in [0.25, 0.3) is 5.56 Å². The predicted octanol–water partition coefficient (Wildman–Crippen LogP) is 4.98. The van der Waals surface area contributed by atoms with Gasteiger partial charge in [0.1, 0.15) is 17.7 Å². The van der Waals surface area contributed by atoms with Gasteiger partial charge in [-0.05, 0) is 60.7 Å². The molecule has 5 aromatic rings. The van der Waals surface area contributed by atoms with E-state index in [2.05, 4.69) is 26.9 Å². The molecule has 0 spiro atoms. The van der Waals surface area contributed by atoms with Gasteiger partial charge in [-0.3, -0.25) is 9.36 Å². The van der Waals surface area contributed by atoms with Crippen LogP contribution in [0.2, 0.25) is 5.02 Å². The second kappa shape index (κ2) is 9.38. The molecule has 0 aliphatic heterocycles. The van der Waals surface area contributed by atoms with Gasteiger partial charge in [-0.2, -0.15) is 0 Å². The number of hydrogen-bond donors (Lipinski definition) is 2. The van der Waals surface area contributed by atoms with E-state index in [1.807, 2.05) is 25.1 Å². The molecule has 0 bridgehead atoms. The van der Waals surface area contributed by atoms with Gasteiger partial charge in [0, 0.05) is 10.7 Å². The number of nitrogens with two attached hydrogens (primary N) is 1. The van der Waals surface area contributed by atoms with Crippen molar-refractivity contribution in [3.8, 4) is 5.69 Å². The zero-order chi connectivity index (χ0) is 23.5. The highest BCUT2D eigenvalue weighted by molar-refractivity contribution is 6.30. The highest BCUT2D eigenvalue weighted by Gasteiger charge is 2.12. The number of nitrogens with zero attached hydrogens (tertiary/aromatic N) is 4. The molecule has 33 heavy (non-hydrogen) atoms. The Labute approximate surface area is 194 Å². The van der Waals surface area contributed by atoms with E-state index >= 15 is 0 Å². The van der Waals surface area contributed by atoms with E-state index in [-0.39, 0.29) is 5.56 Å². The van der Waals surface area contributed by atoms with Crippen LogP contribution in [0.3, 0.4) is 0 Å². The van der Waals surface area contributed by atoms with Crippen molar-refractivity contribution in [1.29, 1.82) is 0 Å². The summed E-state index contributed by atoms with van der Waals surface area (Å²) in [5.74, 6) is 0.0224. The average molecular weight is 465 g/mol. The van der Waals surface area contributed by atoms with Crippen molar-refractivity contribution in [3.63, 3.8) is 0 Å². The summed E-state index contributed by atoms with van der Waals surface area (Å²) in [5, 5.41) is 1.71. The van der Waals surface area contributed by atoms with E-state index < -0.39 is 5.82 Å². The number of fused-ring (bicyclic) bond motifs is 2. The van der Waals surface area contributed by atoms with Crippen molar-refractivity contribution in [1.82, 2.24) is 24.5 Å². The number of aromatic amines is 1. The summed E-state index contributed by atoms with van der Waals surface area (Å²) >= 11 is 6.15. The van der Waals surface area contributed by atoms with Crippen molar-refractivity contribution in [2.75, 3.05) is 5.73 Å². The first-order chi connectivity index (χ1) is 15.9. The first kappa shape index (κ1) is 22.4. The van der Waals surface area contributed by atoms with E-state index in [4.69, 9.17) is 17.3 Å². The van der Waals surface area contributed by atoms with Crippen LogP contribution >= 0.6 is 11.6 Å². The fourth-order valence-corrected chi connectivity index (χ4v) is 3.97. The lowest BCUT2D eigenvalue weighted by Crippen LogP contribution is -2.22. The third-order valence-electron chi connectivity index (χ3n) is 5.10. The maximum absolute atomic E-state index is 13.6. The molecule has 168 valence electrons. The lowest BCUT2D eigenvalue weighted by molar-refractivity contribution is 0.629. The molecule has 9 heteroatoms. The summed E-state index contributed by atoms with van der Waals surface area (Å²) in [6.45, 7) is 3.99. The van der Waals surface area contributed by atoms with Crippen LogP contribution in [-0.4, -0.2) is 24.5 Å². The third kappa shape index (κ3) is 4.70. The Morgan fingerprint density at radius 3 is 2.67 bits per heavy atom. The molecule has 0 aliphatic rings. The van der Waals surface area contributed by atoms with Crippen LogP contribution in [0.1, 0.15) is 24.6 Å². The fourth-order valence-electron chi connectivity index (χ4n) is 3.69. The van der Waals surface area contributed by atoms with Gasteiger partial charge in [0.2, 0.25) is 0 Å². The maximum Gasteiger partial charge on any atom is 0.263 e. The van der Waals surface area contributed by atoms with E-state index in [0.29, 0.717) is 27.4 Å². The molecule has 3 heterocycles. The van der Waals surface area contributed by atoms with Gasteiger partial charge >= 0.3 is 0 Å². The molecule has 0 saturated carbocycles. The monoisotopic (exact) mass is 464 g/mol. The summed E-state index contributed by atoms with van der Waals surface area (Å²) in [5.41, 5.74) is 9.16. The molecular weight excluding hydrogens is 443 g/mol. The maximum atomic E-state index is 13.6. The fraction of sp³-hybridized carbons (Fsp3) is 0.167. The molecular formula is C24H22ClFN6O. The minimum Gasteiger partial charge on any atom is -0.382 e. The van der Waals surface area contributed by atoms with Crippen molar-refractivity contribution in [2.24, 2.45) is 0 Å². The Hall–Kier alpha value is -3.78. The number of imidazole rings is 1. The number of H-pyrrole nitrogens is 1. The Morgan fingerprint density at radius 2 is 1.94 bits per heavy atom. The number of nitrogens with one attached hydrogen (secondary N) is 1. The lowest BCUT2D eigenvalue weighted by atomic mass is 10.1. The number of hydrogen-bond acceptors (Lipinski definition) is 5. The van der Waals surface area contributed by atoms with Gasteiger partial charge in [0.15, 0.2) is 11.5 Å². The standard InChI is InChI=1S/C19H17ClFNO.C5H5N5/c1-3-4-16-9-13-5-6-15(21)11-18(13)19(23)22(16)17-8-12(2)7-14(20)10-17;6-4-3-5(9-1-7-3)10-2-8-4/h5-11H,3-4H2,1-2H3;1-2H,(H3,6,7,8,9,10). The van der Waals surface area contributed by atoms with Crippen LogP contribution in [0.25, 0.3) is 27.6 Å². The van der Waals surface area contributed by atoms with Crippen molar-refractivity contribution < 1.29 is 4.39 Å². The number of aryl methyl sites for hydroxylation is 2. The summed E-state index contributed by atoms with van der Waals surface area (Å²) in [6.07, 6.45) is 4.59. The SMILES string of the molecule is CCCc1cc2ccc(F)cc2c(=O)n1-c1cc(C)cc(Cl)c1.Nc1ncnc2nc[nH]c12. The zero-order valence-corrected chi connectivity index (χ0v) is 18.9. The first-order valence-corrected chi connectivity index (χ1v) is 10.8. The van der Waals surface area contributed by atoms with Crippen molar-refractivity contribution >= 4 is 39.4 Å². The molecule has 0 radical (unpaired) electrons. The van der Waals surface area contributed by atoms with Crippen LogP contribution in [0.4, 0.5) is 10.2 Å². The molecule has 0 fully saturated rings. The number of halogens is 2. The topological polar surface area (TPSA) is 102 Å². The second-order valence-electron chi connectivity index (χ2n) is 7.60. The number of anilines is 1. The lowest BCUT2D eigenvalue weighted by Gasteiger charge is -2.15. The van der Waals surface area contributed by atoms with Gasteiger partial charge < -0.3 is 10.7 Å². The van der Waals surface area contributed by atoms with Crippen molar-refractivity contribution in [3.05, 3.63) is 87.6 Å².